The summed E-state index contributed by atoms with van der Waals surface area (Å²) in [6.07, 6.45) is 3.44. The van der Waals surface area contributed by atoms with E-state index in [0.29, 0.717) is 6.61 Å². The fraction of sp³-hybridized carbons (Fsp3) is 0.600. The summed E-state index contributed by atoms with van der Waals surface area (Å²) in [7, 11) is 0. The first-order valence-electron chi connectivity index (χ1n) is 9.86. The van der Waals surface area contributed by atoms with Gasteiger partial charge in [-0.3, -0.25) is 19.0 Å². The maximum Gasteiger partial charge on any atom is 0.327 e. The van der Waals surface area contributed by atoms with Gasteiger partial charge in [0.15, 0.2) is 0 Å². The number of aryl methyl sites for hydroxylation is 4. The quantitative estimate of drug-likeness (QED) is 0.659. The minimum Gasteiger partial charge on any atom is -0.480 e. The zero-order valence-corrected chi connectivity index (χ0v) is 17.6. The SMILES string of the molecule is CCOC(=O)Cn1nc(CC)cc1CC.CCc1cc(CC)n(CC(=O)O)n1. The lowest BCUT2D eigenvalue weighted by Crippen LogP contribution is -2.16. The minimum absolute atomic E-state index is 0.0385. The summed E-state index contributed by atoms with van der Waals surface area (Å²) in [6.45, 7) is 10.5. The predicted molar refractivity (Wildman–Crippen MR) is 106 cm³/mol. The molecule has 0 saturated carbocycles. The average molecular weight is 393 g/mol. The zero-order chi connectivity index (χ0) is 21.1. The highest BCUT2D eigenvalue weighted by molar-refractivity contribution is 5.69. The lowest BCUT2D eigenvalue weighted by Gasteiger charge is -2.04. The highest BCUT2D eigenvalue weighted by Gasteiger charge is 2.10. The monoisotopic (exact) mass is 392 g/mol. The molecule has 2 heterocycles. The van der Waals surface area contributed by atoms with E-state index in [4.69, 9.17) is 9.84 Å². The van der Waals surface area contributed by atoms with Gasteiger partial charge in [-0.2, -0.15) is 10.2 Å². The molecule has 0 atom stereocenters. The third-order valence-corrected chi connectivity index (χ3v) is 4.15. The average Bonchev–Trinajstić information content (AvgIpc) is 3.24. The van der Waals surface area contributed by atoms with Crippen LogP contribution in [-0.4, -0.2) is 43.2 Å². The second-order valence-corrected chi connectivity index (χ2v) is 6.18. The van der Waals surface area contributed by atoms with Crippen molar-refractivity contribution in [1.29, 1.82) is 0 Å². The van der Waals surface area contributed by atoms with Crippen LogP contribution in [0, 0.1) is 0 Å². The van der Waals surface area contributed by atoms with E-state index in [1.165, 1.54) is 0 Å². The lowest BCUT2D eigenvalue weighted by atomic mass is 10.3. The van der Waals surface area contributed by atoms with Gasteiger partial charge in [-0.15, -0.1) is 0 Å². The molecule has 0 aromatic carbocycles. The third kappa shape index (κ3) is 7.17. The van der Waals surface area contributed by atoms with E-state index >= 15 is 0 Å². The molecule has 0 aliphatic carbocycles. The summed E-state index contributed by atoms with van der Waals surface area (Å²) in [6, 6.07) is 4.00. The Kier molecular flexibility index (Phi) is 9.98. The van der Waals surface area contributed by atoms with E-state index in [2.05, 4.69) is 24.0 Å². The van der Waals surface area contributed by atoms with E-state index in [1.54, 1.807) is 16.3 Å². The van der Waals surface area contributed by atoms with Crippen molar-refractivity contribution in [2.24, 2.45) is 0 Å². The molecule has 28 heavy (non-hydrogen) atoms. The Morgan fingerprint density at radius 2 is 1.32 bits per heavy atom. The number of aromatic nitrogens is 4. The van der Waals surface area contributed by atoms with Gasteiger partial charge in [-0.1, -0.05) is 27.7 Å². The van der Waals surface area contributed by atoms with Gasteiger partial charge >= 0.3 is 11.9 Å². The highest BCUT2D eigenvalue weighted by atomic mass is 16.5. The van der Waals surface area contributed by atoms with Gasteiger partial charge in [0.2, 0.25) is 0 Å². The molecule has 2 aromatic heterocycles. The number of hydrogen-bond acceptors (Lipinski definition) is 5. The maximum absolute atomic E-state index is 11.3. The van der Waals surface area contributed by atoms with Crippen LogP contribution in [-0.2, 0) is 53.1 Å². The molecule has 8 nitrogen and oxygen atoms in total. The van der Waals surface area contributed by atoms with Crippen LogP contribution in [0.2, 0.25) is 0 Å². The summed E-state index contributed by atoms with van der Waals surface area (Å²) in [5.41, 5.74) is 4.05. The van der Waals surface area contributed by atoms with E-state index < -0.39 is 5.97 Å². The Labute approximate surface area is 166 Å². The molecule has 0 bridgehead atoms. The van der Waals surface area contributed by atoms with Crippen molar-refractivity contribution >= 4 is 11.9 Å². The van der Waals surface area contributed by atoms with Crippen LogP contribution in [0.1, 0.15) is 57.4 Å². The van der Waals surface area contributed by atoms with Gasteiger partial charge in [-0.25, -0.2) is 0 Å². The molecule has 0 spiro atoms. The summed E-state index contributed by atoms with van der Waals surface area (Å²) in [5, 5.41) is 17.1. The lowest BCUT2D eigenvalue weighted by molar-refractivity contribution is -0.144. The topological polar surface area (TPSA) is 99.2 Å². The first kappa shape index (κ1) is 23.4. The van der Waals surface area contributed by atoms with Gasteiger partial charge in [0.25, 0.3) is 0 Å². The van der Waals surface area contributed by atoms with E-state index in [9.17, 15) is 9.59 Å². The number of rotatable bonds is 9. The number of carboxylic acids is 1. The Balaban J connectivity index is 0.000000283. The maximum atomic E-state index is 11.3. The highest BCUT2D eigenvalue weighted by Crippen LogP contribution is 2.07. The van der Waals surface area contributed by atoms with Crippen molar-refractivity contribution < 1.29 is 19.4 Å². The molecule has 8 heteroatoms. The van der Waals surface area contributed by atoms with Crippen LogP contribution >= 0.6 is 0 Å². The first-order valence-corrected chi connectivity index (χ1v) is 9.86. The number of esters is 1. The Bertz CT molecular complexity index is 764. The Hall–Kier alpha value is -2.64. The predicted octanol–water partition coefficient (Wildman–Crippen LogP) is 2.66. The first-order chi connectivity index (χ1) is 13.4. The molecule has 1 N–H and O–H groups in total. The number of ether oxygens (including phenoxy) is 1. The smallest absolute Gasteiger partial charge is 0.327 e. The van der Waals surface area contributed by atoms with Gasteiger partial charge in [0, 0.05) is 11.4 Å². The van der Waals surface area contributed by atoms with Gasteiger partial charge in [0.05, 0.1) is 18.0 Å². The van der Waals surface area contributed by atoms with Crippen LogP contribution in [0.5, 0.6) is 0 Å². The number of nitrogens with zero attached hydrogens (tertiary/aromatic N) is 4. The normalized spacial score (nSPS) is 10.3. The van der Waals surface area contributed by atoms with Crippen molar-refractivity contribution in [3.05, 3.63) is 34.9 Å². The molecule has 0 unspecified atom stereocenters. The van der Waals surface area contributed by atoms with E-state index in [1.807, 2.05) is 26.0 Å². The number of aliphatic carboxylic acids is 1. The Morgan fingerprint density at radius 1 is 0.857 bits per heavy atom. The Morgan fingerprint density at radius 3 is 1.68 bits per heavy atom. The molecule has 0 saturated heterocycles. The van der Waals surface area contributed by atoms with Crippen LogP contribution < -0.4 is 0 Å². The fourth-order valence-electron chi connectivity index (χ4n) is 2.68. The van der Waals surface area contributed by atoms with Gasteiger partial charge in [-0.05, 0) is 44.7 Å². The molecule has 0 amide bonds. The number of carboxylic acid groups (broad SMARTS) is 1. The van der Waals surface area contributed by atoms with E-state index in [0.717, 1.165) is 48.5 Å². The molecular formula is C20H32N4O4. The molecule has 0 aliphatic heterocycles. The summed E-state index contributed by atoms with van der Waals surface area (Å²) in [5.74, 6) is -1.07. The summed E-state index contributed by atoms with van der Waals surface area (Å²) < 4.78 is 8.18. The second kappa shape index (κ2) is 11.9. The molecular weight excluding hydrogens is 360 g/mol. The van der Waals surface area contributed by atoms with Crippen molar-refractivity contribution in [2.45, 2.75) is 73.4 Å². The third-order valence-electron chi connectivity index (χ3n) is 4.15. The molecule has 2 aromatic rings. The number of carbonyl (C=O) groups excluding carboxylic acids is 1. The largest absolute Gasteiger partial charge is 0.480 e. The minimum atomic E-state index is -0.847. The second-order valence-electron chi connectivity index (χ2n) is 6.18. The van der Waals surface area contributed by atoms with Gasteiger partial charge in [0.1, 0.15) is 13.1 Å². The fourth-order valence-corrected chi connectivity index (χ4v) is 2.68. The molecule has 0 aliphatic rings. The van der Waals surface area contributed by atoms with Crippen LogP contribution in [0.15, 0.2) is 12.1 Å². The van der Waals surface area contributed by atoms with E-state index in [-0.39, 0.29) is 19.1 Å². The molecule has 0 fully saturated rings. The molecule has 0 radical (unpaired) electrons. The van der Waals surface area contributed by atoms with Crippen LogP contribution in [0.4, 0.5) is 0 Å². The van der Waals surface area contributed by atoms with Gasteiger partial charge < -0.3 is 9.84 Å². The van der Waals surface area contributed by atoms with Crippen molar-refractivity contribution in [3.8, 4) is 0 Å². The molecule has 2 rings (SSSR count). The van der Waals surface area contributed by atoms with Crippen molar-refractivity contribution in [2.75, 3.05) is 6.61 Å². The standard InChI is InChI=1S/C11H18N2O2.C9H14N2O2/c1-4-9-7-10(5-2)13(12-9)8-11(14)15-6-3;1-3-7-5-8(4-2)11(10-7)6-9(12)13/h7H,4-6,8H2,1-3H3;5H,3-4,6H2,1-2H3,(H,12,13). The van der Waals surface area contributed by atoms with Crippen LogP contribution in [0.25, 0.3) is 0 Å². The summed E-state index contributed by atoms with van der Waals surface area (Å²) in [4.78, 5) is 21.8. The van der Waals surface area contributed by atoms with Crippen LogP contribution in [0.3, 0.4) is 0 Å². The van der Waals surface area contributed by atoms with Crippen molar-refractivity contribution in [1.82, 2.24) is 19.6 Å². The summed E-state index contributed by atoms with van der Waals surface area (Å²) >= 11 is 0. The van der Waals surface area contributed by atoms with Crippen molar-refractivity contribution in [3.63, 3.8) is 0 Å². The number of carbonyl (C=O) groups is 2. The zero-order valence-electron chi connectivity index (χ0n) is 17.6. The molecule has 156 valence electrons. The number of hydrogen-bond donors (Lipinski definition) is 1.